The van der Waals surface area contributed by atoms with Crippen molar-refractivity contribution in [2.75, 3.05) is 25.1 Å². The molecule has 2 heterocycles. The van der Waals surface area contributed by atoms with E-state index in [0.717, 1.165) is 0 Å². The number of nitro groups is 1. The van der Waals surface area contributed by atoms with E-state index in [9.17, 15) is 20.0 Å². The molecule has 8 heteroatoms. The van der Waals surface area contributed by atoms with Crippen molar-refractivity contribution in [1.29, 1.82) is 0 Å². The molecule has 8 nitrogen and oxygen atoms in total. The van der Waals surface area contributed by atoms with Gasteiger partial charge in [0.2, 0.25) is 5.82 Å². The van der Waals surface area contributed by atoms with Crippen molar-refractivity contribution in [2.24, 2.45) is 5.41 Å². The number of hydrogen-bond donors (Lipinski definition) is 2. The predicted molar refractivity (Wildman–Crippen MR) is 74.2 cm³/mol. The highest BCUT2D eigenvalue weighted by Crippen LogP contribution is 2.32. The van der Waals surface area contributed by atoms with E-state index in [1.54, 1.807) is 6.92 Å². The number of carbonyl (C=O) groups is 1. The molecule has 0 atom stereocenters. The minimum atomic E-state index is -0.974. The first-order chi connectivity index (χ1) is 9.94. The molecule has 1 aliphatic heterocycles. The summed E-state index contributed by atoms with van der Waals surface area (Å²) in [5.41, 5.74) is -0.451. The Balaban J connectivity index is 2.18. The fraction of sp³-hybridized carbons (Fsp3) is 0.538. The molecule has 1 aliphatic rings. The zero-order chi connectivity index (χ0) is 15.5. The minimum Gasteiger partial charge on any atom is -0.481 e. The maximum atomic E-state index is 11.5. The number of aliphatic carboxylic acids is 1. The molecule has 1 fully saturated rings. The van der Waals surface area contributed by atoms with E-state index < -0.39 is 16.3 Å². The van der Waals surface area contributed by atoms with Gasteiger partial charge in [0.25, 0.3) is 0 Å². The molecule has 0 bridgehead atoms. The molecule has 0 unspecified atom stereocenters. The number of carboxylic acids is 1. The van der Waals surface area contributed by atoms with E-state index in [1.807, 2.05) is 0 Å². The average Bonchev–Trinajstić information content (AvgIpc) is 2.46. The largest absolute Gasteiger partial charge is 0.481 e. The average molecular weight is 295 g/mol. The van der Waals surface area contributed by atoms with Gasteiger partial charge in [-0.25, -0.2) is 4.98 Å². The number of aryl methyl sites for hydroxylation is 1. The Bertz CT molecular complexity index is 555. The Hall–Kier alpha value is -2.22. The summed E-state index contributed by atoms with van der Waals surface area (Å²) in [6.45, 7) is 2.54. The predicted octanol–water partition coefficient (Wildman–Crippen LogP) is 1.59. The Morgan fingerprint density at radius 2 is 2.24 bits per heavy atom. The van der Waals surface area contributed by atoms with E-state index in [-0.39, 0.29) is 18.1 Å². The van der Waals surface area contributed by atoms with Gasteiger partial charge in [0.05, 0.1) is 10.3 Å². The fourth-order valence-corrected chi connectivity index (χ4v) is 2.31. The van der Waals surface area contributed by atoms with Gasteiger partial charge >= 0.3 is 11.7 Å². The van der Waals surface area contributed by atoms with E-state index >= 15 is 0 Å². The first-order valence-corrected chi connectivity index (χ1v) is 6.61. The second kappa shape index (κ2) is 6.04. The number of pyridine rings is 1. The van der Waals surface area contributed by atoms with Gasteiger partial charge in [-0.2, -0.15) is 0 Å². The summed E-state index contributed by atoms with van der Waals surface area (Å²) in [6.07, 6.45) is 2.25. The number of nitrogens with zero attached hydrogens (tertiary/aromatic N) is 2. The standard InChI is InChI=1S/C13H17N3O5/c1-9-6-10(16(19)20)11(14-7-9)15-8-13(12(17)18)2-4-21-5-3-13/h6-7H,2-5,8H2,1H3,(H,14,15)(H,17,18). The summed E-state index contributed by atoms with van der Waals surface area (Å²) in [4.78, 5) is 26.0. The van der Waals surface area contributed by atoms with Crippen molar-refractivity contribution < 1.29 is 19.6 Å². The molecule has 0 saturated carbocycles. The monoisotopic (exact) mass is 295 g/mol. The fourth-order valence-electron chi connectivity index (χ4n) is 2.31. The van der Waals surface area contributed by atoms with Crippen LogP contribution in [0.15, 0.2) is 12.3 Å². The molecule has 1 saturated heterocycles. The van der Waals surface area contributed by atoms with Crippen LogP contribution in [0.5, 0.6) is 0 Å². The number of carboxylic acid groups (broad SMARTS) is 1. The van der Waals surface area contributed by atoms with E-state index in [2.05, 4.69) is 10.3 Å². The van der Waals surface area contributed by atoms with E-state index in [0.29, 0.717) is 31.6 Å². The Morgan fingerprint density at radius 3 is 2.81 bits per heavy atom. The molecule has 0 aliphatic carbocycles. The molecule has 114 valence electrons. The third kappa shape index (κ3) is 3.27. The van der Waals surface area contributed by atoms with Crippen LogP contribution in [-0.4, -0.2) is 40.7 Å². The van der Waals surface area contributed by atoms with Crippen molar-refractivity contribution in [3.05, 3.63) is 27.9 Å². The lowest BCUT2D eigenvalue weighted by Gasteiger charge is -2.33. The molecule has 2 rings (SSSR count). The van der Waals surface area contributed by atoms with Crippen molar-refractivity contribution in [1.82, 2.24) is 4.98 Å². The zero-order valence-corrected chi connectivity index (χ0v) is 11.7. The summed E-state index contributed by atoms with van der Waals surface area (Å²) in [7, 11) is 0. The second-order valence-electron chi connectivity index (χ2n) is 5.19. The Labute approximate surface area is 121 Å². The molecule has 0 spiro atoms. The SMILES string of the molecule is Cc1cnc(NCC2(C(=O)O)CCOCC2)c([N+](=O)[O-])c1. The lowest BCUT2D eigenvalue weighted by Crippen LogP contribution is -2.42. The second-order valence-corrected chi connectivity index (χ2v) is 5.19. The van der Waals surface area contributed by atoms with Crippen molar-refractivity contribution in [2.45, 2.75) is 19.8 Å². The summed E-state index contributed by atoms with van der Waals surface area (Å²) in [6, 6.07) is 1.41. The van der Waals surface area contributed by atoms with E-state index in [1.165, 1.54) is 12.3 Å². The first kappa shape index (κ1) is 15.2. The van der Waals surface area contributed by atoms with Crippen LogP contribution in [-0.2, 0) is 9.53 Å². The van der Waals surface area contributed by atoms with Gasteiger partial charge in [0.1, 0.15) is 0 Å². The zero-order valence-electron chi connectivity index (χ0n) is 11.7. The highest BCUT2D eigenvalue weighted by atomic mass is 16.6. The molecule has 1 aromatic rings. The van der Waals surface area contributed by atoms with Gasteiger partial charge in [-0.15, -0.1) is 0 Å². The third-order valence-corrected chi connectivity index (χ3v) is 3.70. The minimum absolute atomic E-state index is 0.0859. The maximum absolute atomic E-state index is 11.5. The molecule has 1 aromatic heterocycles. The summed E-state index contributed by atoms with van der Waals surface area (Å²) in [5, 5.41) is 23.3. The van der Waals surface area contributed by atoms with Crippen molar-refractivity contribution in [3.63, 3.8) is 0 Å². The lowest BCUT2D eigenvalue weighted by molar-refractivity contribution is -0.384. The van der Waals surface area contributed by atoms with Gasteiger partial charge in [0.15, 0.2) is 0 Å². The van der Waals surface area contributed by atoms with Gasteiger partial charge in [-0.3, -0.25) is 14.9 Å². The molecular formula is C13H17N3O5. The highest BCUT2D eigenvalue weighted by molar-refractivity contribution is 5.76. The number of anilines is 1. The van der Waals surface area contributed by atoms with Crippen LogP contribution in [0.4, 0.5) is 11.5 Å². The molecule has 0 radical (unpaired) electrons. The summed E-state index contributed by atoms with van der Waals surface area (Å²) >= 11 is 0. The quantitative estimate of drug-likeness (QED) is 0.626. The summed E-state index contributed by atoms with van der Waals surface area (Å²) < 4.78 is 5.19. The van der Waals surface area contributed by atoms with Gasteiger partial charge < -0.3 is 15.2 Å². The van der Waals surface area contributed by atoms with E-state index in [4.69, 9.17) is 4.74 Å². The van der Waals surface area contributed by atoms with Crippen molar-refractivity contribution >= 4 is 17.5 Å². The number of aromatic nitrogens is 1. The molecule has 2 N–H and O–H groups in total. The topological polar surface area (TPSA) is 115 Å². The van der Waals surface area contributed by atoms with Gasteiger partial charge in [-0.1, -0.05) is 0 Å². The lowest BCUT2D eigenvalue weighted by atomic mass is 9.80. The first-order valence-electron chi connectivity index (χ1n) is 6.61. The molecule has 21 heavy (non-hydrogen) atoms. The normalized spacial score (nSPS) is 17.2. The van der Waals surface area contributed by atoms with Gasteiger partial charge in [0, 0.05) is 32.0 Å². The number of ether oxygens (including phenoxy) is 1. The van der Waals surface area contributed by atoms with Crippen LogP contribution in [0.2, 0.25) is 0 Å². The van der Waals surface area contributed by atoms with Crippen LogP contribution < -0.4 is 5.32 Å². The number of hydrogen-bond acceptors (Lipinski definition) is 6. The van der Waals surface area contributed by atoms with Crippen LogP contribution >= 0.6 is 0 Å². The number of rotatable bonds is 5. The molecular weight excluding hydrogens is 278 g/mol. The number of nitrogens with one attached hydrogen (secondary N) is 1. The smallest absolute Gasteiger partial charge is 0.311 e. The van der Waals surface area contributed by atoms with Crippen LogP contribution in [0.25, 0.3) is 0 Å². The van der Waals surface area contributed by atoms with Crippen molar-refractivity contribution in [3.8, 4) is 0 Å². The van der Waals surface area contributed by atoms with Crippen LogP contribution in [0.1, 0.15) is 18.4 Å². The Morgan fingerprint density at radius 1 is 1.57 bits per heavy atom. The van der Waals surface area contributed by atoms with Crippen LogP contribution in [0, 0.1) is 22.5 Å². The Kier molecular flexibility index (Phi) is 4.37. The van der Waals surface area contributed by atoms with Crippen LogP contribution in [0.3, 0.4) is 0 Å². The highest BCUT2D eigenvalue weighted by Gasteiger charge is 2.40. The summed E-state index contributed by atoms with van der Waals surface area (Å²) in [5.74, 6) is -0.828. The molecule has 0 aromatic carbocycles. The third-order valence-electron chi connectivity index (χ3n) is 3.70. The molecule has 0 amide bonds. The maximum Gasteiger partial charge on any atom is 0.311 e. The van der Waals surface area contributed by atoms with Gasteiger partial charge in [-0.05, 0) is 25.3 Å².